The molecule has 3 aliphatic carbocycles. The van der Waals surface area contributed by atoms with Gasteiger partial charge in [-0.1, -0.05) is 62.4 Å². The first-order valence-corrected chi connectivity index (χ1v) is 9.25. The second kappa shape index (κ2) is 6.15. The van der Waals surface area contributed by atoms with Crippen LogP contribution in [0, 0.1) is 12.3 Å². The zero-order valence-corrected chi connectivity index (χ0v) is 14.1. The van der Waals surface area contributed by atoms with Crippen molar-refractivity contribution in [2.24, 2.45) is 5.41 Å². The average molecular weight is 284 g/mol. The third kappa shape index (κ3) is 3.05. The van der Waals surface area contributed by atoms with Gasteiger partial charge in [0.2, 0.25) is 0 Å². The Bertz CT molecular complexity index is 429. The maximum absolute atomic E-state index is 2.41. The highest BCUT2D eigenvalue weighted by molar-refractivity contribution is 5.31. The molecular weight excluding hydrogens is 252 g/mol. The van der Waals surface area contributed by atoms with Crippen LogP contribution in [-0.4, -0.2) is 0 Å². The molecule has 3 fully saturated rings. The first-order valence-electron chi connectivity index (χ1n) is 9.25. The molecule has 0 amide bonds. The fourth-order valence-corrected chi connectivity index (χ4v) is 4.91. The van der Waals surface area contributed by atoms with Crippen LogP contribution >= 0.6 is 0 Å². The lowest BCUT2D eigenvalue weighted by molar-refractivity contribution is 0.0304. The van der Waals surface area contributed by atoms with E-state index in [4.69, 9.17) is 0 Å². The normalized spacial score (nSPS) is 31.5. The van der Waals surface area contributed by atoms with Crippen molar-refractivity contribution in [3.05, 3.63) is 35.4 Å². The number of unbranched alkanes of at least 4 members (excludes halogenated alkanes) is 3. The lowest BCUT2D eigenvalue weighted by Crippen LogP contribution is -2.44. The van der Waals surface area contributed by atoms with Crippen molar-refractivity contribution in [3.63, 3.8) is 0 Å². The van der Waals surface area contributed by atoms with Crippen LogP contribution in [0.1, 0.15) is 88.7 Å². The van der Waals surface area contributed by atoms with Crippen LogP contribution in [0.3, 0.4) is 0 Å². The molecule has 0 unspecified atom stereocenters. The highest BCUT2D eigenvalue weighted by atomic mass is 14.5. The summed E-state index contributed by atoms with van der Waals surface area (Å²) < 4.78 is 0. The molecule has 0 radical (unpaired) electrons. The zero-order valence-electron chi connectivity index (χ0n) is 14.1. The van der Waals surface area contributed by atoms with Gasteiger partial charge in [-0.2, -0.15) is 0 Å². The molecule has 0 aliphatic heterocycles. The van der Waals surface area contributed by atoms with Crippen molar-refractivity contribution in [1.29, 1.82) is 0 Å². The van der Waals surface area contributed by atoms with E-state index >= 15 is 0 Å². The van der Waals surface area contributed by atoms with E-state index in [9.17, 15) is 0 Å². The van der Waals surface area contributed by atoms with Gasteiger partial charge in [0.15, 0.2) is 0 Å². The second-order valence-electron chi connectivity index (χ2n) is 7.96. The minimum atomic E-state index is 0.541. The number of aryl methyl sites for hydroxylation is 1. The largest absolute Gasteiger partial charge is 0.0654 e. The van der Waals surface area contributed by atoms with Crippen molar-refractivity contribution >= 4 is 0 Å². The van der Waals surface area contributed by atoms with Gasteiger partial charge in [-0.3, -0.25) is 0 Å². The summed E-state index contributed by atoms with van der Waals surface area (Å²) in [5.41, 5.74) is 4.30. The molecule has 0 atom stereocenters. The number of fused-ring (bicyclic) bond motifs is 3. The van der Waals surface area contributed by atoms with Gasteiger partial charge in [0, 0.05) is 0 Å². The molecule has 0 nitrogen and oxygen atoms in total. The maximum atomic E-state index is 2.41. The van der Waals surface area contributed by atoms with Crippen molar-refractivity contribution < 1.29 is 0 Å². The van der Waals surface area contributed by atoms with Crippen LogP contribution in [0.2, 0.25) is 0 Å². The minimum Gasteiger partial charge on any atom is -0.0654 e. The molecule has 4 rings (SSSR count). The first kappa shape index (κ1) is 15.1. The number of benzene rings is 1. The summed E-state index contributed by atoms with van der Waals surface area (Å²) >= 11 is 0. The van der Waals surface area contributed by atoms with Crippen LogP contribution in [0.15, 0.2) is 24.3 Å². The molecule has 2 bridgehead atoms. The summed E-state index contributed by atoms with van der Waals surface area (Å²) in [5, 5.41) is 0. The number of rotatable bonds is 6. The highest BCUT2D eigenvalue weighted by Gasteiger charge is 2.48. The average Bonchev–Trinajstić information content (AvgIpc) is 2.54. The molecule has 0 N–H and O–H groups in total. The van der Waals surface area contributed by atoms with E-state index in [1.54, 1.807) is 5.56 Å². The molecule has 21 heavy (non-hydrogen) atoms. The molecule has 0 saturated heterocycles. The first-order chi connectivity index (χ1) is 10.2. The van der Waals surface area contributed by atoms with E-state index in [1.165, 1.54) is 76.2 Å². The van der Waals surface area contributed by atoms with Crippen LogP contribution in [0.4, 0.5) is 0 Å². The van der Waals surface area contributed by atoms with Crippen molar-refractivity contribution in [2.75, 3.05) is 0 Å². The topological polar surface area (TPSA) is 0 Å². The van der Waals surface area contributed by atoms with Crippen LogP contribution in [0.5, 0.6) is 0 Å². The van der Waals surface area contributed by atoms with Gasteiger partial charge in [0.25, 0.3) is 0 Å². The molecule has 0 heterocycles. The Morgan fingerprint density at radius 3 is 2.00 bits per heavy atom. The van der Waals surface area contributed by atoms with Gasteiger partial charge in [0.05, 0.1) is 0 Å². The Kier molecular flexibility index (Phi) is 4.43. The van der Waals surface area contributed by atoms with Gasteiger partial charge in [0.1, 0.15) is 0 Å². The summed E-state index contributed by atoms with van der Waals surface area (Å²) in [6.07, 6.45) is 16.1. The standard InChI is InChI=1S/C21H32/c1-3-4-5-6-11-20-12-15-21(16-13-20,17-14-20)19-9-7-18(2)8-10-19/h7-10H,3-6,11-17H2,1-2H3. The Labute approximate surface area is 131 Å². The summed E-state index contributed by atoms with van der Waals surface area (Å²) in [6, 6.07) is 9.44. The van der Waals surface area contributed by atoms with E-state index < -0.39 is 0 Å². The SMILES string of the molecule is CCCCCCC12CCC(c3ccc(C)cc3)(CC1)CC2. The lowest BCUT2D eigenvalue weighted by atomic mass is 9.51. The van der Waals surface area contributed by atoms with Crippen LogP contribution < -0.4 is 0 Å². The minimum absolute atomic E-state index is 0.541. The van der Waals surface area contributed by atoms with E-state index in [0.717, 1.165) is 5.41 Å². The van der Waals surface area contributed by atoms with Gasteiger partial charge in [-0.05, 0) is 68.3 Å². The maximum Gasteiger partial charge on any atom is -0.00464 e. The van der Waals surface area contributed by atoms with Crippen molar-refractivity contribution in [3.8, 4) is 0 Å². The lowest BCUT2D eigenvalue weighted by Gasteiger charge is -2.54. The molecule has 0 heteroatoms. The molecule has 0 spiro atoms. The molecular formula is C21H32. The summed E-state index contributed by atoms with van der Waals surface area (Å²) in [7, 11) is 0. The number of hydrogen-bond donors (Lipinski definition) is 0. The van der Waals surface area contributed by atoms with E-state index in [1.807, 2.05) is 0 Å². The summed E-state index contributed by atoms with van der Waals surface area (Å²) in [4.78, 5) is 0. The van der Waals surface area contributed by atoms with Gasteiger partial charge in [-0.25, -0.2) is 0 Å². The van der Waals surface area contributed by atoms with Gasteiger partial charge < -0.3 is 0 Å². The molecule has 3 saturated carbocycles. The molecule has 0 aromatic heterocycles. The van der Waals surface area contributed by atoms with Crippen molar-refractivity contribution in [1.82, 2.24) is 0 Å². The van der Waals surface area contributed by atoms with E-state index in [-0.39, 0.29) is 0 Å². The third-order valence-electron chi connectivity index (χ3n) is 6.63. The van der Waals surface area contributed by atoms with Crippen LogP contribution in [-0.2, 0) is 5.41 Å². The predicted molar refractivity (Wildman–Crippen MR) is 91.8 cm³/mol. The Hall–Kier alpha value is -0.780. The zero-order chi connectivity index (χ0) is 14.8. The summed E-state index contributed by atoms with van der Waals surface area (Å²) in [6.45, 7) is 4.51. The van der Waals surface area contributed by atoms with Gasteiger partial charge >= 0.3 is 0 Å². The smallest absolute Gasteiger partial charge is 0.00464 e. The third-order valence-corrected chi connectivity index (χ3v) is 6.63. The quantitative estimate of drug-likeness (QED) is 0.519. The van der Waals surface area contributed by atoms with Crippen molar-refractivity contribution in [2.45, 2.75) is 89.9 Å². The van der Waals surface area contributed by atoms with E-state index in [2.05, 4.69) is 38.1 Å². The molecule has 1 aromatic rings. The number of hydrogen-bond acceptors (Lipinski definition) is 0. The Morgan fingerprint density at radius 2 is 1.43 bits per heavy atom. The molecule has 116 valence electrons. The second-order valence-corrected chi connectivity index (χ2v) is 7.96. The predicted octanol–water partition coefficient (Wildman–Crippen LogP) is 6.56. The fourth-order valence-electron chi connectivity index (χ4n) is 4.91. The fraction of sp³-hybridized carbons (Fsp3) is 0.714. The summed E-state index contributed by atoms with van der Waals surface area (Å²) in [5.74, 6) is 0. The Morgan fingerprint density at radius 1 is 0.810 bits per heavy atom. The van der Waals surface area contributed by atoms with Gasteiger partial charge in [-0.15, -0.1) is 0 Å². The molecule has 1 aromatic carbocycles. The van der Waals surface area contributed by atoms with Crippen LogP contribution in [0.25, 0.3) is 0 Å². The molecule has 3 aliphatic rings. The Balaban J connectivity index is 1.62. The monoisotopic (exact) mass is 284 g/mol. The highest BCUT2D eigenvalue weighted by Crippen LogP contribution is 2.59. The van der Waals surface area contributed by atoms with E-state index in [0.29, 0.717) is 5.41 Å².